The molecule has 0 spiro atoms. The molecule has 0 aliphatic carbocycles. The van der Waals surface area contributed by atoms with Crippen molar-refractivity contribution in [2.75, 3.05) is 12.8 Å². The van der Waals surface area contributed by atoms with Crippen LogP contribution in [0.5, 0.6) is 0 Å². The second-order valence-electron chi connectivity index (χ2n) is 3.63. The molecule has 0 saturated carbocycles. The number of ether oxygens (including phenoxy) is 1. The number of rotatable bonds is 2. The second kappa shape index (κ2) is 5.06. The number of benzene rings is 1. The SMILES string of the molecule is COC(=O)c1ccc(-c2ncccc2Cl)cc1N. The summed E-state index contributed by atoms with van der Waals surface area (Å²) in [7, 11) is 1.31. The highest BCUT2D eigenvalue weighted by atomic mass is 35.5. The first-order chi connectivity index (χ1) is 8.63. The van der Waals surface area contributed by atoms with Gasteiger partial charge in [-0.3, -0.25) is 4.98 Å². The van der Waals surface area contributed by atoms with Crippen molar-refractivity contribution in [3.05, 3.63) is 47.1 Å². The van der Waals surface area contributed by atoms with E-state index >= 15 is 0 Å². The zero-order valence-electron chi connectivity index (χ0n) is 9.68. The zero-order chi connectivity index (χ0) is 13.1. The van der Waals surface area contributed by atoms with Crippen molar-refractivity contribution >= 4 is 23.3 Å². The lowest BCUT2D eigenvalue weighted by molar-refractivity contribution is 0.0602. The highest BCUT2D eigenvalue weighted by Gasteiger charge is 2.12. The van der Waals surface area contributed by atoms with Crippen LogP contribution >= 0.6 is 11.6 Å². The lowest BCUT2D eigenvalue weighted by Gasteiger charge is -2.07. The minimum Gasteiger partial charge on any atom is -0.465 e. The van der Waals surface area contributed by atoms with Gasteiger partial charge in [0.05, 0.1) is 23.4 Å². The van der Waals surface area contributed by atoms with Gasteiger partial charge >= 0.3 is 5.97 Å². The van der Waals surface area contributed by atoms with Gasteiger partial charge in [-0.2, -0.15) is 0 Å². The fourth-order valence-electron chi connectivity index (χ4n) is 1.60. The van der Waals surface area contributed by atoms with Crippen LogP contribution in [0, 0.1) is 0 Å². The predicted molar refractivity (Wildman–Crippen MR) is 70.4 cm³/mol. The Morgan fingerprint density at radius 3 is 2.78 bits per heavy atom. The Kier molecular flexibility index (Phi) is 3.48. The van der Waals surface area contributed by atoms with Gasteiger partial charge in [0.25, 0.3) is 0 Å². The average molecular weight is 263 g/mol. The summed E-state index contributed by atoms with van der Waals surface area (Å²) in [6, 6.07) is 8.48. The Labute approximate surface area is 109 Å². The fraction of sp³-hybridized carbons (Fsp3) is 0.0769. The predicted octanol–water partition coefficient (Wildman–Crippen LogP) is 2.77. The van der Waals surface area contributed by atoms with E-state index in [1.807, 2.05) is 0 Å². The molecule has 0 aliphatic rings. The van der Waals surface area contributed by atoms with Crippen LogP contribution in [0.4, 0.5) is 5.69 Å². The molecule has 0 aliphatic heterocycles. The number of carbonyl (C=O) groups excluding carboxylic acids is 1. The molecule has 0 radical (unpaired) electrons. The fourth-order valence-corrected chi connectivity index (χ4v) is 1.83. The van der Waals surface area contributed by atoms with Crippen LogP contribution in [-0.2, 0) is 4.74 Å². The van der Waals surface area contributed by atoms with E-state index in [2.05, 4.69) is 9.72 Å². The molecule has 0 atom stereocenters. The van der Waals surface area contributed by atoms with Crippen molar-refractivity contribution in [1.82, 2.24) is 4.98 Å². The van der Waals surface area contributed by atoms with Gasteiger partial charge < -0.3 is 10.5 Å². The van der Waals surface area contributed by atoms with Crippen LogP contribution in [0.3, 0.4) is 0 Å². The van der Waals surface area contributed by atoms with E-state index in [1.54, 1.807) is 36.5 Å². The van der Waals surface area contributed by atoms with Gasteiger partial charge in [0.15, 0.2) is 0 Å². The third-order valence-electron chi connectivity index (χ3n) is 2.49. The summed E-state index contributed by atoms with van der Waals surface area (Å²) in [4.78, 5) is 15.6. The Hall–Kier alpha value is -2.07. The lowest BCUT2D eigenvalue weighted by Crippen LogP contribution is -2.05. The van der Waals surface area contributed by atoms with Gasteiger partial charge in [-0.1, -0.05) is 17.7 Å². The van der Waals surface area contributed by atoms with Gasteiger partial charge in [0, 0.05) is 17.4 Å². The second-order valence-corrected chi connectivity index (χ2v) is 4.03. The summed E-state index contributed by atoms with van der Waals surface area (Å²) in [6.45, 7) is 0. The number of aromatic nitrogens is 1. The third-order valence-corrected chi connectivity index (χ3v) is 2.79. The summed E-state index contributed by atoms with van der Waals surface area (Å²) >= 11 is 6.05. The van der Waals surface area contributed by atoms with Crippen molar-refractivity contribution in [2.45, 2.75) is 0 Å². The number of carbonyl (C=O) groups is 1. The Balaban J connectivity index is 2.47. The van der Waals surface area contributed by atoms with Crippen molar-refractivity contribution in [2.24, 2.45) is 0 Å². The maximum Gasteiger partial charge on any atom is 0.339 e. The number of nitrogens with zero attached hydrogens (tertiary/aromatic N) is 1. The van der Waals surface area contributed by atoms with E-state index in [9.17, 15) is 4.79 Å². The van der Waals surface area contributed by atoms with Crippen molar-refractivity contribution in [3.8, 4) is 11.3 Å². The molecule has 2 rings (SSSR count). The Bertz CT molecular complexity index is 599. The topological polar surface area (TPSA) is 65.2 Å². The number of nitrogen functional groups attached to an aromatic ring is 1. The number of halogens is 1. The molecular weight excluding hydrogens is 252 g/mol. The van der Waals surface area contributed by atoms with Crippen molar-refractivity contribution in [1.29, 1.82) is 0 Å². The molecule has 1 aromatic heterocycles. The highest BCUT2D eigenvalue weighted by molar-refractivity contribution is 6.33. The third kappa shape index (κ3) is 2.28. The molecule has 0 bridgehead atoms. The molecule has 4 nitrogen and oxygen atoms in total. The molecular formula is C13H11ClN2O2. The number of hydrogen-bond acceptors (Lipinski definition) is 4. The first-order valence-electron chi connectivity index (χ1n) is 5.22. The molecule has 92 valence electrons. The quantitative estimate of drug-likeness (QED) is 0.668. The number of nitrogens with two attached hydrogens (primary N) is 1. The van der Waals surface area contributed by atoms with E-state index in [0.717, 1.165) is 5.56 Å². The van der Waals surface area contributed by atoms with Crippen molar-refractivity contribution in [3.63, 3.8) is 0 Å². The van der Waals surface area contributed by atoms with Crippen LogP contribution in [0.2, 0.25) is 5.02 Å². The minimum absolute atomic E-state index is 0.327. The van der Waals surface area contributed by atoms with E-state index < -0.39 is 5.97 Å². The van der Waals surface area contributed by atoms with E-state index in [1.165, 1.54) is 7.11 Å². The number of pyridine rings is 1. The van der Waals surface area contributed by atoms with Crippen molar-refractivity contribution < 1.29 is 9.53 Å². The highest BCUT2D eigenvalue weighted by Crippen LogP contribution is 2.28. The van der Waals surface area contributed by atoms with Crippen LogP contribution in [0.1, 0.15) is 10.4 Å². The van der Waals surface area contributed by atoms with Crippen LogP contribution in [0.25, 0.3) is 11.3 Å². The maximum absolute atomic E-state index is 11.4. The van der Waals surface area contributed by atoms with E-state index in [0.29, 0.717) is 22.0 Å². The molecule has 2 aromatic rings. The first-order valence-corrected chi connectivity index (χ1v) is 5.60. The zero-order valence-corrected chi connectivity index (χ0v) is 10.4. The molecule has 2 N–H and O–H groups in total. The molecule has 1 heterocycles. The molecule has 0 fully saturated rings. The molecule has 1 aromatic carbocycles. The number of anilines is 1. The lowest BCUT2D eigenvalue weighted by atomic mass is 10.1. The van der Waals surface area contributed by atoms with Gasteiger partial charge in [-0.15, -0.1) is 0 Å². The summed E-state index contributed by atoms with van der Waals surface area (Å²) in [5, 5.41) is 0.530. The standard InChI is InChI=1S/C13H11ClN2O2/c1-18-13(17)9-5-4-8(7-11(9)15)12-10(14)3-2-6-16-12/h2-7H,15H2,1H3. The summed E-state index contributed by atoms with van der Waals surface area (Å²) in [5.41, 5.74) is 7.86. The number of hydrogen-bond donors (Lipinski definition) is 1. The summed E-state index contributed by atoms with van der Waals surface area (Å²) < 4.78 is 4.63. The first kappa shape index (κ1) is 12.4. The molecule has 0 amide bonds. The molecule has 0 unspecified atom stereocenters. The number of methoxy groups -OCH3 is 1. The number of esters is 1. The molecule has 5 heteroatoms. The smallest absolute Gasteiger partial charge is 0.339 e. The largest absolute Gasteiger partial charge is 0.465 e. The summed E-state index contributed by atoms with van der Waals surface area (Å²) in [6.07, 6.45) is 1.64. The van der Waals surface area contributed by atoms with Gasteiger partial charge in [-0.25, -0.2) is 4.79 Å². The average Bonchev–Trinajstić information content (AvgIpc) is 2.38. The minimum atomic E-state index is -0.467. The summed E-state index contributed by atoms with van der Waals surface area (Å²) in [5.74, 6) is -0.467. The van der Waals surface area contributed by atoms with Gasteiger partial charge in [0.2, 0.25) is 0 Å². The molecule has 18 heavy (non-hydrogen) atoms. The van der Waals surface area contributed by atoms with Crippen LogP contribution < -0.4 is 5.73 Å². The van der Waals surface area contributed by atoms with E-state index in [4.69, 9.17) is 17.3 Å². The van der Waals surface area contributed by atoms with E-state index in [-0.39, 0.29) is 0 Å². The van der Waals surface area contributed by atoms with Crippen LogP contribution in [-0.4, -0.2) is 18.1 Å². The molecule has 0 saturated heterocycles. The van der Waals surface area contributed by atoms with Gasteiger partial charge in [-0.05, 0) is 24.3 Å². The van der Waals surface area contributed by atoms with Gasteiger partial charge in [0.1, 0.15) is 0 Å². The monoisotopic (exact) mass is 262 g/mol. The normalized spacial score (nSPS) is 10.1. The van der Waals surface area contributed by atoms with Crippen LogP contribution in [0.15, 0.2) is 36.5 Å². The Morgan fingerprint density at radius 2 is 2.17 bits per heavy atom. The Morgan fingerprint density at radius 1 is 1.39 bits per heavy atom. The maximum atomic E-state index is 11.4.